The van der Waals surface area contributed by atoms with Gasteiger partial charge in [0.05, 0.1) is 0 Å². The largest absolute Gasteiger partial charge is 0.317 e. The second-order valence-corrected chi connectivity index (χ2v) is 3.91. The summed E-state index contributed by atoms with van der Waals surface area (Å²) in [6.07, 6.45) is 5.50. The predicted molar refractivity (Wildman–Crippen MR) is 71.8 cm³/mol. The van der Waals surface area contributed by atoms with Crippen LogP contribution in [0.3, 0.4) is 0 Å². The predicted octanol–water partition coefficient (Wildman–Crippen LogP) is 3.35. The van der Waals surface area contributed by atoms with Gasteiger partial charge in [0.15, 0.2) is 0 Å². The highest BCUT2D eigenvalue weighted by atomic mass is 14.8. The fraction of sp³-hybridized carbons (Fsp3) is 0.643. The van der Waals surface area contributed by atoms with Gasteiger partial charge >= 0.3 is 0 Å². The van der Waals surface area contributed by atoms with Gasteiger partial charge in [-0.25, -0.2) is 0 Å². The Morgan fingerprint density at radius 2 is 1.69 bits per heavy atom. The minimum Gasteiger partial charge on any atom is -0.317 e. The third-order valence-corrected chi connectivity index (χ3v) is 2.23. The first-order chi connectivity index (χ1) is 7.74. The molecule has 1 rings (SSSR count). The number of nitrogens with zero attached hydrogens (tertiary/aromatic N) is 1. The number of hydrogen-bond acceptors (Lipinski definition) is 2. The Morgan fingerprint density at radius 3 is 2.06 bits per heavy atom. The number of pyridine rings is 1. The molecule has 2 nitrogen and oxygen atoms in total. The van der Waals surface area contributed by atoms with E-state index in [1.807, 2.05) is 19.2 Å². The van der Waals surface area contributed by atoms with E-state index < -0.39 is 0 Å². The van der Waals surface area contributed by atoms with Gasteiger partial charge in [0.25, 0.3) is 0 Å². The van der Waals surface area contributed by atoms with E-state index >= 15 is 0 Å². The second-order valence-electron chi connectivity index (χ2n) is 3.91. The molecule has 0 amide bonds. The van der Waals surface area contributed by atoms with E-state index in [9.17, 15) is 0 Å². The normalized spacial score (nSPS) is 9.50. The van der Waals surface area contributed by atoms with E-state index in [2.05, 4.69) is 37.1 Å². The summed E-state index contributed by atoms with van der Waals surface area (Å²) in [5.41, 5.74) is 2.40. The summed E-state index contributed by atoms with van der Waals surface area (Å²) >= 11 is 0. The quantitative estimate of drug-likeness (QED) is 0.773. The van der Waals surface area contributed by atoms with Crippen LogP contribution in [-0.2, 0) is 6.42 Å². The molecule has 0 aliphatic heterocycles. The SMILES string of the molecule is CCCNCCC.CCc1ccc(C)nc1. The van der Waals surface area contributed by atoms with E-state index in [0.717, 1.165) is 12.1 Å². The third kappa shape index (κ3) is 8.42. The maximum Gasteiger partial charge on any atom is 0.0372 e. The molecule has 2 heteroatoms. The van der Waals surface area contributed by atoms with Gasteiger partial charge in [-0.3, -0.25) is 4.98 Å². The van der Waals surface area contributed by atoms with Crippen LogP contribution >= 0.6 is 0 Å². The zero-order valence-electron chi connectivity index (χ0n) is 11.2. The van der Waals surface area contributed by atoms with Crippen LogP contribution in [0.25, 0.3) is 0 Å². The van der Waals surface area contributed by atoms with Gasteiger partial charge in [0.1, 0.15) is 0 Å². The first-order valence-electron chi connectivity index (χ1n) is 6.36. The van der Waals surface area contributed by atoms with Crippen LogP contribution in [0.1, 0.15) is 44.9 Å². The van der Waals surface area contributed by atoms with Gasteiger partial charge in [-0.1, -0.05) is 26.8 Å². The molecule has 16 heavy (non-hydrogen) atoms. The maximum atomic E-state index is 4.15. The topological polar surface area (TPSA) is 24.9 Å². The molecule has 1 aromatic heterocycles. The molecule has 1 N–H and O–H groups in total. The van der Waals surface area contributed by atoms with Gasteiger partial charge in [0.2, 0.25) is 0 Å². The smallest absolute Gasteiger partial charge is 0.0372 e. The van der Waals surface area contributed by atoms with Gasteiger partial charge in [-0.2, -0.15) is 0 Å². The number of aryl methyl sites for hydroxylation is 2. The molecule has 0 aliphatic rings. The standard InChI is InChI=1S/C8H11N.C6H15N/c1-3-8-5-4-7(2)9-6-8;1-3-5-7-6-4-2/h4-6H,3H2,1-2H3;7H,3-6H2,1-2H3. The lowest BCUT2D eigenvalue weighted by molar-refractivity contribution is 0.662. The maximum absolute atomic E-state index is 4.15. The van der Waals surface area contributed by atoms with Crippen molar-refractivity contribution >= 4 is 0 Å². The number of hydrogen-bond donors (Lipinski definition) is 1. The monoisotopic (exact) mass is 222 g/mol. The zero-order chi connectivity index (χ0) is 12.2. The Bertz CT molecular complexity index is 237. The van der Waals surface area contributed by atoms with Crippen molar-refractivity contribution in [2.45, 2.75) is 47.0 Å². The Balaban J connectivity index is 0.000000293. The molecule has 1 heterocycles. The van der Waals surface area contributed by atoms with E-state index in [4.69, 9.17) is 0 Å². The Labute approximate surface area is 100 Å². The van der Waals surface area contributed by atoms with E-state index in [1.54, 1.807) is 0 Å². The lowest BCUT2D eigenvalue weighted by Crippen LogP contribution is -2.14. The molecule has 0 fully saturated rings. The molecule has 0 radical (unpaired) electrons. The van der Waals surface area contributed by atoms with Crippen LogP contribution in [0.5, 0.6) is 0 Å². The molecule has 0 bridgehead atoms. The number of nitrogens with one attached hydrogen (secondary N) is 1. The van der Waals surface area contributed by atoms with Crippen molar-refractivity contribution in [3.63, 3.8) is 0 Å². The lowest BCUT2D eigenvalue weighted by atomic mass is 10.2. The van der Waals surface area contributed by atoms with Gasteiger partial charge in [0, 0.05) is 11.9 Å². The second kappa shape index (κ2) is 10.6. The highest BCUT2D eigenvalue weighted by molar-refractivity contribution is 5.12. The summed E-state index contributed by atoms with van der Waals surface area (Å²) < 4.78 is 0. The van der Waals surface area contributed by atoms with Gasteiger partial charge in [-0.15, -0.1) is 0 Å². The third-order valence-electron chi connectivity index (χ3n) is 2.23. The molecule has 0 aliphatic carbocycles. The van der Waals surface area contributed by atoms with Crippen molar-refractivity contribution in [2.75, 3.05) is 13.1 Å². The number of rotatable bonds is 5. The first kappa shape index (κ1) is 15.1. The van der Waals surface area contributed by atoms with Gasteiger partial charge in [-0.05, 0) is 50.9 Å². The summed E-state index contributed by atoms with van der Waals surface area (Å²) in [6.45, 7) is 10.8. The summed E-state index contributed by atoms with van der Waals surface area (Å²) in [5.74, 6) is 0. The number of aromatic nitrogens is 1. The molecular weight excluding hydrogens is 196 g/mol. The summed E-state index contributed by atoms with van der Waals surface area (Å²) in [5, 5.41) is 3.28. The molecule has 0 saturated carbocycles. The molecule has 92 valence electrons. The molecule has 1 aromatic rings. The average molecular weight is 222 g/mol. The molecule has 0 saturated heterocycles. The van der Waals surface area contributed by atoms with Crippen molar-refractivity contribution in [2.24, 2.45) is 0 Å². The first-order valence-corrected chi connectivity index (χ1v) is 6.36. The Kier molecular flexibility index (Phi) is 10.0. The molecule has 0 atom stereocenters. The Morgan fingerprint density at radius 1 is 1.06 bits per heavy atom. The van der Waals surface area contributed by atoms with Crippen molar-refractivity contribution in [3.05, 3.63) is 29.6 Å². The van der Waals surface area contributed by atoms with Crippen LogP contribution in [0, 0.1) is 6.92 Å². The van der Waals surface area contributed by atoms with E-state index in [-0.39, 0.29) is 0 Å². The van der Waals surface area contributed by atoms with E-state index in [1.165, 1.54) is 31.5 Å². The van der Waals surface area contributed by atoms with Crippen molar-refractivity contribution < 1.29 is 0 Å². The summed E-state index contributed by atoms with van der Waals surface area (Å²) in [7, 11) is 0. The van der Waals surface area contributed by atoms with Crippen LogP contribution in [0.2, 0.25) is 0 Å². The lowest BCUT2D eigenvalue weighted by Gasteiger charge is -1.95. The fourth-order valence-electron chi connectivity index (χ4n) is 1.19. The molecular formula is C14H26N2. The summed E-state index contributed by atoms with van der Waals surface area (Å²) in [4.78, 5) is 4.15. The molecule has 0 spiro atoms. The molecule has 0 aromatic carbocycles. The van der Waals surface area contributed by atoms with E-state index in [0.29, 0.717) is 0 Å². The summed E-state index contributed by atoms with van der Waals surface area (Å²) in [6, 6.07) is 4.15. The van der Waals surface area contributed by atoms with Crippen molar-refractivity contribution in [1.82, 2.24) is 10.3 Å². The van der Waals surface area contributed by atoms with Crippen molar-refractivity contribution in [1.29, 1.82) is 0 Å². The van der Waals surface area contributed by atoms with Crippen LogP contribution < -0.4 is 5.32 Å². The van der Waals surface area contributed by atoms with Gasteiger partial charge < -0.3 is 5.32 Å². The van der Waals surface area contributed by atoms with Crippen LogP contribution in [0.15, 0.2) is 18.3 Å². The van der Waals surface area contributed by atoms with Crippen molar-refractivity contribution in [3.8, 4) is 0 Å². The zero-order valence-corrected chi connectivity index (χ0v) is 11.2. The van der Waals surface area contributed by atoms with Crippen LogP contribution in [-0.4, -0.2) is 18.1 Å². The van der Waals surface area contributed by atoms with Crippen LogP contribution in [0.4, 0.5) is 0 Å². The minimum atomic E-state index is 1.08. The fourth-order valence-corrected chi connectivity index (χ4v) is 1.19. The average Bonchev–Trinajstić information content (AvgIpc) is 2.32. The highest BCUT2D eigenvalue weighted by Crippen LogP contribution is 1.98. The molecule has 0 unspecified atom stereocenters. The minimum absolute atomic E-state index is 1.08. The highest BCUT2D eigenvalue weighted by Gasteiger charge is 1.86. The Hall–Kier alpha value is -0.890.